The third-order valence-corrected chi connectivity index (χ3v) is 3.15. The summed E-state index contributed by atoms with van der Waals surface area (Å²) in [6, 6.07) is 26.6. The van der Waals surface area contributed by atoms with E-state index in [0.29, 0.717) is 0 Å². The van der Waals surface area contributed by atoms with Gasteiger partial charge in [0.25, 0.3) is 0 Å². The maximum absolute atomic E-state index is 6.14. The first-order chi connectivity index (χ1) is 9.59. The molecule has 0 aromatic heterocycles. The standard InChI is InChI=1S/C14H16N.C5H5.Fe/c1-14(2,15)13-10-6-9-12(13)11-7-4-3-5-8-11;1-2-4-5-3-1;/h3-10H,15H2,1-2H3;1-5H;/q2*-1;+2. The molecule has 0 unspecified atom stereocenters. The van der Waals surface area contributed by atoms with Crippen LogP contribution in [0.3, 0.4) is 0 Å². The number of rotatable bonds is 2. The maximum atomic E-state index is 6.14. The Bertz CT molecular complexity index is 583. The van der Waals surface area contributed by atoms with Crippen LogP contribution in [-0.2, 0) is 22.6 Å². The van der Waals surface area contributed by atoms with Gasteiger partial charge in [0.15, 0.2) is 0 Å². The summed E-state index contributed by atoms with van der Waals surface area (Å²) in [5.74, 6) is 0. The summed E-state index contributed by atoms with van der Waals surface area (Å²) < 4.78 is 0. The Morgan fingerprint density at radius 3 is 2.00 bits per heavy atom. The van der Waals surface area contributed by atoms with Crippen molar-refractivity contribution < 1.29 is 17.1 Å². The van der Waals surface area contributed by atoms with Crippen molar-refractivity contribution in [3.05, 3.63) is 84.4 Å². The molecule has 2 heteroatoms. The molecule has 0 aliphatic rings. The minimum absolute atomic E-state index is 0. The fraction of sp³-hybridized carbons (Fsp3) is 0.158. The van der Waals surface area contributed by atoms with Crippen LogP contribution in [-0.4, -0.2) is 0 Å². The molecule has 0 heterocycles. The Morgan fingerprint density at radius 2 is 1.52 bits per heavy atom. The quantitative estimate of drug-likeness (QED) is 0.539. The molecule has 110 valence electrons. The van der Waals surface area contributed by atoms with E-state index >= 15 is 0 Å². The first-order valence-electron chi connectivity index (χ1n) is 6.86. The Hall–Kier alpha value is -1.60. The summed E-state index contributed by atoms with van der Waals surface area (Å²) in [5.41, 5.74) is 9.53. The fourth-order valence-electron chi connectivity index (χ4n) is 2.17. The fourth-order valence-corrected chi connectivity index (χ4v) is 2.17. The predicted molar refractivity (Wildman–Crippen MR) is 86.7 cm³/mol. The molecule has 0 aliphatic heterocycles. The number of benzene rings is 1. The van der Waals surface area contributed by atoms with E-state index in [0.717, 1.165) is 0 Å². The molecule has 0 radical (unpaired) electrons. The van der Waals surface area contributed by atoms with Gasteiger partial charge in [0.2, 0.25) is 0 Å². The summed E-state index contributed by atoms with van der Waals surface area (Å²) in [4.78, 5) is 0. The van der Waals surface area contributed by atoms with E-state index in [9.17, 15) is 0 Å². The van der Waals surface area contributed by atoms with E-state index < -0.39 is 0 Å². The van der Waals surface area contributed by atoms with Crippen LogP contribution in [0.5, 0.6) is 0 Å². The topological polar surface area (TPSA) is 26.0 Å². The predicted octanol–water partition coefficient (Wildman–Crippen LogP) is 4.67. The van der Waals surface area contributed by atoms with Gasteiger partial charge in [-0.2, -0.15) is 24.3 Å². The van der Waals surface area contributed by atoms with Crippen LogP contribution >= 0.6 is 0 Å². The van der Waals surface area contributed by atoms with Gasteiger partial charge < -0.3 is 5.73 Å². The van der Waals surface area contributed by atoms with E-state index in [1.807, 2.05) is 50.2 Å². The average Bonchev–Trinajstić information content (AvgIpc) is 3.13. The Morgan fingerprint density at radius 1 is 0.905 bits per heavy atom. The molecule has 2 N–H and O–H groups in total. The van der Waals surface area contributed by atoms with Crippen LogP contribution in [0.1, 0.15) is 19.4 Å². The monoisotopic (exact) mass is 319 g/mol. The van der Waals surface area contributed by atoms with Crippen molar-refractivity contribution in [2.45, 2.75) is 19.4 Å². The SMILES string of the molecule is CC(C)(N)c1ccc[c-]1-c1ccccc1.[Fe+2].c1cc[cH-]c1. The van der Waals surface area contributed by atoms with Gasteiger partial charge in [-0.3, -0.25) is 0 Å². The normalized spacial score (nSPS) is 10.2. The Labute approximate surface area is 138 Å². The molecule has 0 fully saturated rings. The summed E-state index contributed by atoms with van der Waals surface area (Å²) in [6.07, 6.45) is 0. The van der Waals surface area contributed by atoms with Crippen molar-refractivity contribution in [1.82, 2.24) is 0 Å². The van der Waals surface area contributed by atoms with Crippen molar-refractivity contribution in [2.24, 2.45) is 5.73 Å². The van der Waals surface area contributed by atoms with Gasteiger partial charge in [-0.05, 0) is 13.8 Å². The van der Waals surface area contributed by atoms with E-state index in [1.54, 1.807) is 0 Å². The van der Waals surface area contributed by atoms with Gasteiger partial charge >= 0.3 is 17.1 Å². The number of hydrogen-bond acceptors (Lipinski definition) is 1. The van der Waals surface area contributed by atoms with Crippen LogP contribution in [0.25, 0.3) is 11.1 Å². The molecule has 1 nitrogen and oxygen atoms in total. The molecule has 3 aromatic rings. The Kier molecular flexibility index (Phi) is 6.64. The smallest absolute Gasteiger partial charge is 0.323 e. The molecule has 0 bridgehead atoms. The molecular weight excluding hydrogens is 298 g/mol. The van der Waals surface area contributed by atoms with Gasteiger partial charge in [0.1, 0.15) is 0 Å². The maximum Gasteiger partial charge on any atom is 2.00 e. The molecule has 21 heavy (non-hydrogen) atoms. The summed E-state index contributed by atoms with van der Waals surface area (Å²) in [7, 11) is 0. The zero-order valence-electron chi connectivity index (χ0n) is 12.4. The minimum Gasteiger partial charge on any atom is -0.323 e. The first kappa shape index (κ1) is 17.5. The van der Waals surface area contributed by atoms with Crippen molar-refractivity contribution in [1.29, 1.82) is 0 Å². The van der Waals surface area contributed by atoms with Crippen LogP contribution in [0.15, 0.2) is 78.9 Å². The number of nitrogens with two attached hydrogens (primary N) is 1. The van der Waals surface area contributed by atoms with Crippen molar-refractivity contribution in [3.8, 4) is 11.1 Å². The third kappa shape index (κ3) is 5.02. The molecule has 0 amide bonds. The van der Waals surface area contributed by atoms with E-state index in [2.05, 4.69) is 42.5 Å². The molecule has 0 saturated carbocycles. The van der Waals surface area contributed by atoms with Crippen LogP contribution in [0.4, 0.5) is 0 Å². The second-order valence-electron chi connectivity index (χ2n) is 5.40. The molecule has 0 atom stereocenters. The summed E-state index contributed by atoms with van der Waals surface area (Å²) in [6.45, 7) is 4.07. The summed E-state index contributed by atoms with van der Waals surface area (Å²) >= 11 is 0. The molecule has 0 spiro atoms. The first-order valence-corrected chi connectivity index (χ1v) is 6.86. The van der Waals surface area contributed by atoms with Crippen LogP contribution in [0, 0.1) is 0 Å². The van der Waals surface area contributed by atoms with Crippen molar-refractivity contribution in [3.63, 3.8) is 0 Å². The van der Waals surface area contributed by atoms with Crippen molar-refractivity contribution in [2.75, 3.05) is 0 Å². The van der Waals surface area contributed by atoms with Gasteiger partial charge in [-0.15, -0.1) is 29.8 Å². The van der Waals surface area contributed by atoms with E-state index in [4.69, 9.17) is 5.73 Å². The van der Waals surface area contributed by atoms with E-state index in [1.165, 1.54) is 16.7 Å². The van der Waals surface area contributed by atoms with Gasteiger partial charge in [-0.1, -0.05) is 29.3 Å². The van der Waals surface area contributed by atoms with Crippen molar-refractivity contribution >= 4 is 0 Å². The second kappa shape index (κ2) is 7.99. The van der Waals surface area contributed by atoms with Gasteiger partial charge in [-0.25, -0.2) is 12.1 Å². The second-order valence-corrected chi connectivity index (χ2v) is 5.40. The molecule has 3 aromatic carbocycles. The third-order valence-electron chi connectivity index (χ3n) is 3.15. The largest absolute Gasteiger partial charge is 2.00 e. The Balaban J connectivity index is 0.000000313. The van der Waals surface area contributed by atoms with E-state index in [-0.39, 0.29) is 22.6 Å². The zero-order chi connectivity index (χ0) is 14.4. The minimum atomic E-state index is -0.283. The zero-order valence-corrected chi connectivity index (χ0v) is 13.5. The molecular formula is C19H21FeN. The van der Waals surface area contributed by atoms with Gasteiger partial charge in [0.05, 0.1) is 0 Å². The van der Waals surface area contributed by atoms with Crippen LogP contribution in [0.2, 0.25) is 0 Å². The average molecular weight is 319 g/mol. The molecule has 0 aliphatic carbocycles. The molecule has 0 saturated heterocycles. The molecule has 3 rings (SSSR count). The number of hydrogen-bond donors (Lipinski definition) is 1. The van der Waals surface area contributed by atoms with Crippen LogP contribution < -0.4 is 5.73 Å². The van der Waals surface area contributed by atoms with Gasteiger partial charge in [0, 0.05) is 5.54 Å². The summed E-state index contributed by atoms with van der Waals surface area (Å²) in [5, 5.41) is 0.